The van der Waals surface area contributed by atoms with Crippen molar-refractivity contribution in [3.8, 4) is 5.75 Å². The van der Waals surface area contributed by atoms with Crippen LogP contribution in [0.4, 0.5) is 0 Å². The number of nitrogens with two attached hydrogens (primary N) is 1. The van der Waals surface area contributed by atoms with E-state index in [9.17, 15) is 4.21 Å². The zero-order valence-electron chi connectivity index (χ0n) is 10.9. The maximum absolute atomic E-state index is 12.0. The molecule has 0 bridgehead atoms. The van der Waals surface area contributed by atoms with Crippen LogP contribution in [0.25, 0.3) is 0 Å². The lowest BCUT2D eigenvalue weighted by molar-refractivity contribution is 0.414. The summed E-state index contributed by atoms with van der Waals surface area (Å²) in [6.07, 6.45) is 0. The molecular formula is C13H21NO2S. The molecule has 1 rings (SSSR count). The Labute approximate surface area is 106 Å². The van der Waals surface area contributed by atoms with Gasteiger partial charge in [-0.2, -0.15) is 0 Å². The van der Waals surface area contributed by atoms with Crippen molar-refractivity contribution in [2.75, 3.05) is 12.9 Å². The molecule has 17 heavy (non-hydrogen) atoms. The lowest BCUT2D eigenvalue weighted by Crippen LogP contribution is -2.29. The summed E-state index contributed by atoms with van der Waals surface area (Å²) < 4.78 is 16.8. The van der Waals surface area contributed by atoms with Gasteiger partial charge in [0.2, 0.25) is 0 Å². The standard InChI is InChI=1S/C13H21NO2S/c1-13(2,3)17(15)9-12(14)10-5-7-11(16-4)8-6-10/h5-8,12H,9,14H2,1-4H3. The molecule has 1 aromatic carbocycles. The normalized spacial score (nSPS) is 15.4. The number of rotatable bonds is 4. The third-order valence-electron chi connectivity index (χ3n) is 2.56. The first kappa shape index (κ1) is 14.2. The maximum Gasteiger partial charge on any atom is 0.118 e. The summed E-state index contributed by atoms with van der Waals surface area (Å²) in [5.41, 5.74) is 7.04. The highest BCUT2D eigenvalue weighted by atomic mass is 32.2. The molecule has 0 aliphatic heterocycles. The first-order valence-corrected chi connectivity index (χ1v) is 6.94. The van der Waals surface area contributed by atoms with E-state index >= 15 is 0 Å². The number of hydrogen-bond donors (Lipinski definition) is 1. The zero-order chi connectivity index (χ0) is 13.1. The van der Waals surface area contributed by atoms with Crippen LogP contribution in [0.2, 0.25) is 0 Å². The molecule has 0 heterocycles. The summed E-state index contributed by atoms with van der Waals surface area (Å²) in [4.78, 5) is 0. The van der Waals surface area contributed by atoms with Gasteiger partial charge in [0.25, 0.3) is 0 Å². The molecule has 0 saturated carbocycles. The summed E-state index contributed by atoms with van der Waals surface area (Å²) >= 11 is 0. The Bertz CT molecular complexity index is 381. The molecule has 2 unspecified atom stereocenters. The number of hydrogen-bond acceptors (Lipinski definition) is 3. The molecule has 0 radical (unpaired) electrons. The van der Waals surface area contributed by atoms with Gasteiger partial charge in [-0.05, 0) is 38.5 Å². The van der Waals surface area contributed by atoms with Crippen LogP contribution in [0.15, 0.2) is 24.3 Å². The fraction of sp³-hybridized carbons (Fsp3) is 0.538. The summed E-state index contributed by atoms with van der Waals surface area (Å²) in [5, 5.41) is 0. The van der Waals surface area contributed by atoms with E-state index in [4.69, 9.17) is 10.5 Å². The maximum atomic E-state index is 12.0. The van der Waals surface area contributed by atoms with Crippen LogP contribution in [0.3, 0.4) is 0 Å². The summed E-state index contributed by atoms with van der Waals surface area (Å²) in [7, 11) is 0.697. The molecule has 1 aromatic rings. The van der Waals surface area contributed by atoms with Crippen molar-refractivity contribution >= 4 is 10.8 Å². The van der Waals surface area contributed by atoms with Gasteiger partial charge in [-0.15, -0.1) is 0 Å². The van der Waals surface area contributed by atoms with E-state index in [1.54, 1.807) is 7.11 Å². The van der Waals surface area contributed by atoms with E-state index in [1.807, 2.05) is 45.0 Å². The fourth-order valence-electron chi connectivity index (χ4n) is 1.36. The monoisotopic (exact) mass is 255 g/mol. The molecule has 0 aliphatic rings. The van der Waals surface area contributed by atoms with Crippen LogP contribution in [0.1, 0.15) is 32.4 Å². The Morgan fingerprint density at radius 1 is 1.29 bits per heavy atom. The molecular weight excluding hydrogens is 234 g/mol. The van der Waals surface area contributed by atoms with E-state index < -0.39 is 10.8 Å². The number of benzene rings is 1. The van der Waals surface area contributed by atoms with Crippen LogP contribution in [0, 0.1) is 0 Å². The van der Waals surface area contributed by atoms with Gasteiger partial charge in [-0.3, -0.25) is 4.21 Å². The van der Waals surface area contributed by atoms with Crippen molar-refractivity contribution in [1.29, 1.82) is 0 Å². The third-order valence-corrected chi connectivity index (χ3v) is 4.59. The molecule has 0 aromatic heterocycles. The first-order chi connectivity index (χ1) is 7.84. The molecule has 2 atom stereocenters. The lowest BCUT2D eigenvalue weighted by atomic mass is 10.1. The van der Waals surface area contributed by atoms with Crippen molar-refractivity contribution in [1.82, 2.24) is 0 Å². The molecule has 0 spiro atoms. The highest BCUT2D eigenvalue weighted by Gasteiger charge is 2.22. The van der Waals surface area contributed by atoms with E-state index in [1.165, 1.54) is 0 Å². The van der Waals surface area contributed by atoms with Crippen LogP contribution in [0.5, 0.6) is 5.75 Å². The lowest BCUT2D eigenvalue weighted by Gasteiger charge is -2.21. The largest absolute Gasteiger partial charge is 0.497 e. The molecule has 0 fully saturated rings. The van der Waals surface area contributed by atoms with Gasteiger partial charge in [0.1, 0.15) is 5.75 Å². The smallest absolute Gasteiger partial charge is 0.118 e. The van der Waals surface area contributed by atoms with Gasteiger partial charge in [0, 0.05) is 27.3 Å². The van der Waals surface area contributed by atoms with E-state index in [2.05, 4.69) is 0 Å². The zero-order valence-corrected chi connectivity index (χ0v) is 11.7. The number of methoxy groups -OCH3 is 1. The summed E-state index contributed by atoms with van der Waals surface area (Å²) in [6.45, 7) is 5.89. The van der Waals surface area contributed by atoms with Gasteiger partial charge in [0.05, 0.1) is 7.11 Å². The molecule has 0 aliphatic carbocycles. The van der Waals surface area contributed by atoms with Crippen molar-refractivity contribution in [2.24, 2.45) is 5.73 Å². The molecule has 2 N–H and O–H groups in total. The third kappa shape index (κ3) is 4.13. The summed E-state index contributed by atoms with van der Waals surface area (Å²) in [6, 6.07) is 7.39. The highest BCUT2D eigenvalue weighted by Crippen LogP contribution is 2.20. The average Bonchev–Trinajstić information content (AvgIpc) is 2.27. The fourth-order valence-corrected chi connectivity index (χ4v) is 2.38. The molecule has 96 valence electrons. The molecule has 0 amide bonds. The van der Waals surface area contributed by atoms with Crippen molar-refractivity contribution < 1.29 is 8.95 Å². The predicted octanol–water partition coefficient (Wildman–Crippen LogP) is 2.24. The average molecular weight is 255 g/mol. The second-order valence-electron chi connectivity index (χ2n) is 5.00. The van der Waals surface area contributed by atoms with Crippen LogP contribution in [-0.4, -0.2) is 21.8 Å². The van der Waals surface area contributed by atoms with Gasteiger partial charge in [0.15, 0.2) is 0 Å². The quantitative estimate of drug-likeness (QED) is 0.897. The molecule has 3 nitrogen and oxygen atoms in total. The topological polar surface area (TPSA) is 52.3 Å². The van der Waals surface area contributed by atoms with Gasteiger partial charge in [-0.1, -0.05) is 12.1 Å². The van der Waals surface area contributed by atoms with Crippen LogP contribution >= 0.6 is 0 Å². The second-order valence-corrected chi connectivity index (χ2v) is 7.25. The Kier molecular flexibility index (Phi) is 4.71. The predicted molar refractivity (Wildman–Crippen MR) is 72.7 cm³/mol. The van der Waals surface area contributed by atoms with Crippen molar-refractivity contribution in [2.45, 2.75) is 31.6 Å². The minimum atomic E-state index is -0.931. The minimum Gasteiger partial charge on any atom is -0.497 e. The molecule has 4 heteroatoms. The Hall–Kier alpha value is -0.870. The molecule has 0 saturated heterocycles. The van der Waals surface area contributed by atoms with Gasteiger partial charge >= 0.3 is 0 Å². The minimum absolute atomic E-state index is 0.194. The number of ether oxygens (including phenoxy) is 1. The highest BCUT2D eigenvalue weighted by molar-refractivity contribution is 7.86. The van der Waals surface area contributed by atoms with Gasteiger partial charge in [-0.25, -0.2) is 0 Å². The van der Waals surface area contributed by atoms with Gasteiger partial charge < -0.3 is 10.5 Å². The Morgan fingerprint density at radius 2 is 1.82 bits per heavy atom. The van der Waals surface area contributed by atoms with Crippen LogP contribution in [-0.2, 0) is 10.8 Å². The van der Waals surface area contributed by atoms with Crippen LogP contribution < -0.4 is 10.5 Å². The van der Waals surface area contributed by atoms with E-state index in [0.29, 0.717) is 5.75 Å². The Morgan fingerprint density at radius 3 is 2.24 bits per heavy atom. The van der Waals surface area contributed by atoms with Crippen molar-refractivity contribution in [3.05, 3.63) is 29.8 Å². The second kappa shape index (κ2) is 5.65. The Balaban J connectivity index is 2.70. The SMILES string of the molecule is COc1ccc(C(N)CS(=O)C(C)(C)C)cc1. The van der Waals surface area contributed by atoms with Crippen molar-refractivity contribution in [3.63, 3.8) is 0 Å². The first-order valence-electron chi connectivity index (χ1n) is 5.62. The van der Waals surface area contributed by atoms with E-state index in [0.717, 1.165) is 11.3 Å². The summed E-state index contributed by atoms with van der Waals surface area (Å²) in [5.74, 6) is 1.29. The van der Waals surface area contributed by atoms with E-state index in [-0.39, 0.29) is 10.8 Å².